The van der Waals surface area contributed by atoms with Gasteiger partial charge >= 0.3 is 0 Å². The molecule has 1 aliphatic carbocycles. The Balaban J connectivity index is 2.03. The summed E-state index contributed by atoms with van der Waals surface area (Å²) in [6.45, 7) is 3.71. The molecule has 0 saturated carbocycles. The maximum absolute atomic E-state index is 12.3. The first-order valence-corrected chi connectivity index (χ1v) is 7.89. The largest absolute Gasteiger partial charge is 0.550 e. The summed E-state index contributed by atoms with van der Waals surface area (Å²) in [6.07, 6.45) is 0.595. The molecule has 128 valence electrons. The highest BCUT2D eigenvalue weighted by atomic mass is 35.5. The van der Waals surface area contributed by atoms with Crippen LogP contribution in [0.5, 0.6) is 0 Å². The summed E-state index contributed by atoms with van der Waals surface area (Å²) in [7, 11) is 0. The van der Waals surface area contributed by atoms with Crippen LogP contribution in [-0.4, -0.2) is 17.8 Å². The second kappa shape index (κ2) is 7.49. The van der Waals surface area contributed by atoms with Gasteiger partial charge in [0.15, 0.2) is 0 Å². The second-order valence-corrected chi connectivity index (χ2v) is 6.39. The van der Waals surface area contributed by atoms with E-state index in [0.717, 1.165) is 11.1 Å². The summed E-state index contributed by atoms with van der Waals surface area (Å²) in [5, 5.41) is 11.7. The maximum atomic E-state index is 12.3. The maximum Gasteiger partial charge on any atom is 0.269 e. The van der Waals surface area contributed by atoms with Crippen LogP contribution in [0, 0.1) is 11.8 Å². The second-order valence-electron chi connectivity index (χ2n) is 5.95. The van der Waals surface area contributed by atoms with E-state index >= 15 is 0 Å². The zero-order chi connectivity index (χ0) is 17.9. The number of carbonyl (C=O) groups excluding carboxylic acids is 3. The fourth-order valence-electron chi connectivity index (χ4n) is 2.73. The Labute approximate surface area is 144 Å². The average Bonchev–Trinajstić information content (AvgIpc) is 2.54. The SMILES string of the molecule is CC1=C(C)C[C@H](C(=O)NNC(=O)c2cccc(Cl)c2)[C@@H](C(=O)[O-])C1. The topological polar surface area (TPSA) is 98.3 Å². The molecule has 6 nitrogen and oxygen atoms in total. The zero-order valence-corrected chi connectivity index (χ0v) is 14.1. The normalized spacial score (nSPS) is 20.5. The molecule has 2 N–H and O–H groups in total. The first kappa shape index (κ1) is 18.0. The summed E-state index contributed by atoms with van der Waals surface area (Å²) < 4.78 is 0. The van der Waals surface area contributed by atoms with Crippen LogP contribution in [0.4, 0.5) is 0 Å². The van der Waals surface area contributed by atoms with Crippen molar-refractivity contribution < 1.29 is 19.5 Å². The van der Waals surface area contributed by atoms with Crippen LogP contribution in [0.3, 0.4) is 0 Å². The van der Waals surface area contributed by atoms with E-state index in [1.807, 2.05) is 13.8 Å². The van der Waals surface area contributed by atoms with Gasteiger partial charge in [-0.2, -0.15) is 0 Å². The van der Waals surface area contributed by atoms with Crippen molar-refractivity contribution in [2.75, 3.05) is 0 Å². The summed E-state index contributed by atoms with van der Waals surface area (Å²) in [5.41, 5.74) is 6.80. The van der Waals surface area contributed by atoms with Crippen molar-refractivity contribution in [3.05, 3.63) is 46.0 Å². The van der Waals surface area contributed by atoms with Crippen molar-refractivity contribution in [3.63, 3.8) is 0 Å². The van der Waals surface area contributed by atoms with Gasteiger partial charge in [0, 0.05) is 22.5 Å². The quantitative estimate of drug-likeness (QED) is 0.633. The Bertz CT molecular complexity index is 714. The van der Waals surface area contributed by atoms with Gasteiger partial charge in [0.25, 0.3) is 5.91 Å². The third-order valence-electron chi connectivity index (χ3n) is 4.29. The third kappa shape index (κ3) is 4.14. The van der Waals surface area contributed by atoms with Gasteiger partial charge in [0.1, 0.15) is 0 Å². The van der Waals surface area contributed by atoms with E-state index in [2.05, 4.69) is 10.9 Å². The molecule has 0 heterocycles. The molecular formula is C17H18ClN2O4-. The molecule has 1 aromatic carbocycles. The van der Waals surface area contributed by atoms with Gasteiger partial charge in [-0.25, -0.2) is 0 Å². The molecule has 0 saturated heterocycles. The summed E-state index contributed by atoms with van der Waals surface area (Å²) in [6, 6.07) is 6.25. The van der Waals surface area contributed by atoms with Crippen LogP contribution in [-0.2, 0) is 9.59 Å². The Morgan fingerprint density at radius 2 is 1.71 bits per heavy atom. The highest BCUT2D eigenvalue weighted by molar-refractivity contribution is 6.30. The first-order chi connectivity index (χ1) is 11.3. The minimum atomic E-state index is -1.26. The van der Waals surface area contributed by atoms with E-state index in [4.69, 9.17) is 11.6 Å². The fraction of sp³-hybridized carbons (Fsp3) is 0.353. The molecule has 2 amide bonds. The lowest BCUT2D eigenvalue weighted by atomic mass is 9.76. The highest BCUT2D eigenvalue weighted by Crippen LogP contribution is 2.33. The first-order valence-electron chi connectivity index (χ1n) is 7.51. The minimum Gasteiger partial charge on any atom is -0.550 e. The molecule has 0 spiro atoms. The molecule has 0 aliphatic heterocycles. The van der Waals surface area contributed by atoms with Crippen LogP contribution in [0.2, 0.25) is 5.02 Å². The predicted octanol–water partition coefficient (Wildman–Crippen LogP) is 1.21. The van der Waals surface area contributed by atoms with Crippen molar-refractivity contribution >= 4 is 29.4 Å². The summed E-state index contributed by atoms with van der Waals surface area (Å²) in [5.74, 6) is -4.03. The van der Waals surface area contributed by atoms with Crippen LogP contribution >= 0.6 is 11.6 Å². The smallest absolute Gasteiger partial charge is 0.269 e. The van der Waals surface area contributed by atoms with Crippen LogP contribution < -0.4 is 16.0 Å². The Kier molecular flexibility index (Phi) is 5.62. The number of rotatable bonds is 3. The molecule has 0 unspecified atom stereocenters. The number of allylic oxidation sites excluding steroid dienone is 2. The number of amides is 2. The van der Waals surface area contributed by atoms with Gasteiger partial charge in [-0.05, 0) is 44.9 Å². The molecule has 0 aromatic heterocycles. The minimum absolute atomic E-state index is 0.272. The molecule has 0 fully saturated rings. The molecule has 2 atom stereocenters. The van der Waals surface area contributed by atoms with Crippen molar-refractivity contribution in [2.45, 2.75) is 26.7 Å². The van der Waals surface area contributed by atoms with E-state index in [1.54, 1.807) is 18.2 Å². The number of halogens is 1. The van der Waals surface area contributed by atoms with E-state index in [1.165, 1.54) is 6.07 Å². The lowest BCUT2D eigenvalue weighted by molar-refractivity contribution is -0.313. The van der Waals surface area contributed by atoms with Gasteiger partial charge < -0.3 is 9.90 Å². The highest BCUT2D eigenvalue weighted by Gasteiger charge is 2.33. The van der Waals surface area contributed by atoms with Gasteiger partial charge in [-0.1, -0.05) is 28.8 Å². The number of carboxylic acid groups (broad SMARTS) is 1. The van der Waals surface area contributed by atoms with Crippen molar-refractivity contribution in [1.29, 1.82) is 0 Å². The van der Waals surface area contributed by atoms with Crippen molar-refractivity contribution in [3.8, 4) is 0 Å². The molecule has 24 heavy (non-hydrogen) atoms. The molecule has 0 bridgehead atoms. The number of benzene rings is 1. The molecule has 1 aromatic rings. The van der Waals surface area contributed by atoms with Gasteiger partial charge in [0.05, 0.1) is 5.92 Å². The van der Waals surface area contributed by atoms with E-state index in [0.29, 0.717) is 11.4 Å². The molecule has 0 radical (unpaired) electrons. The Hall–Kier alpha value is -2.34. The lowest BCUT2D eigenvalue weighted by Gasteiger charge is -2.32. The number of hydrazine groups is 1. The lowest BCUT2D eigenvalue weighted by Crippen LogP contribution is -2.49. The summed E-state index contributed by atoms with van der Waals surface area (Å²) in [4.78, 5) is 35.6. The van der Waals surface area contributed by atoms with E-state index < -0.39 is 29.6 Å². The van der Waals surface area contributed by atoms with Crippen molar-refractivity contribution in [1.82, 2.24) is 10.9 Å². The van der Waals surface area contributed by atoms with Crippen LogP contribution in [0.1, 0.15) is 37.0 Å². The zero-order valence-electron chi connectivity index (χ0n) is 13.4. The van der Waals surface area contributed by atoms with Gasteiger partial charge in [-0.15, -0.1) is 0 Å². The van der Waals surface area contributed by atoms with Crippen LogP contribution in [0.15, 0.2) is 35.4 Å². The van der Waals surface area contributed by atoms with Crippen LogP contribution in [0.25, 0.3) is 0 Å². The van der Waals surface area contributed by atoms with Gasteiger partial charge in [0.2, 0.25) is 5.91 Å². The number of carboxylic acids is 1. The van der Waals surface area contributed by atoms with Gasteiger partial charge in [-0.3, -0.25) is 20.4 Å². The summed E-state index contributed by atoms with van der Waals surface area (Å²) >= 11 is 5.81. The average molecular weight is 350 g/mol. The predicted molar refractivity (Wildman–Crippen MR) is 86.7 cm³/mol. The van der Waals surface area contributed by atoms with E-state index in [9.17, 15) is 19.5 Å². The Morgan fingerprint density at radius 3 is 2.29 bits per heavy atom. The fourth-order valence-corrected chi connectivity index (χ4v) is 2.92. The molecule has 1 aliphatic rings. The number of nitrogens with one attached hydrogen (secondary N) is 2. The standard InChI is InChI=1S/C17H19ClN2O4/c1-9-6-13(14(17(23)24)7-10(9)2)16(22)20-19-15(21)11-4-3-5-12(18)8-11/h3-5,8,13-14H,6-7H2,1-2H3,(H,19,21)(H,20,22)(H,23,24)/p-1/t13-,14-/m0/s1. The third-order valence-corrected chi connectivity index (χ3v) is 4.53. The van der Waals surface area contributed by atoms with Crippen molar-refractivity contribution in [2.24, 2.45) is 11.8 Å². The number of aliphatic carboxylic acids is 1. The number of hydrogen-bond donors (Lipinski definition) is 2. The molecular weight excluding hydrogens is 332 g/mol. The number of carbonyl (C=O) groups is 3. The molecule has 7 heteroatoms. The molecule has 2 rings (SSSR count). The Morgan fingerprint density at radius 1 is 1.08 bits per heavy atom. The monoisotopic (exact) mass is 349 g/mol. The van der Waals surface area contributed by atoms with E-state index in [-0.39, 0.29) is 12.0 Å². The number of hydrogen-bond acceptors (Lipinski definition) is 4.